The van der Waals surface area contributed by atoms with Gasteiger partial charge in [0.05, 0.1) is 25.0 Å². The first kappa shape index (κ1) is 16.3. The number of rotatable bonds is 3. The van der Waals surface area contributed by atoms with E-state index in [1.807, 2.05) is 15.8 Å². The molecule has 21 heavy (non-hydrogen) atoms. The lowest BCUT2D eigenvalue weighted by atomic mass is 9.98. The molecule has 0 aliphatic carbocycles. The summed E-state index contributed by atoms with van der Waals surface area (Å²) in [5.74, 6) is 0.743. The van der Waals surface area contributed by atoms with Crippen LogP contribution in [0.5, 0.6) is 0 Å². The number of nitrogens with zero attached hydrogens (tertiary/aromatic N) is 3. The van der Waals surface area contributed by atoms with Crippen LogP contribution in [0.15, 0.2) is 12.4 Å². The number of carbonyl (C=O) groups is 1. The summed E-state index contributed by atoms with van der Waals surface area (Å²) in [4.78, 5) is 14.2. The summed E-state index contributed by atoms with van der Waals surface area (Å²) in [5, 5.41) is 7.71. The maximum Gasteiger partial charge on any atom is 0.257 e. The van der Waals surface area contributed by atoms with E-state index in [4.69, 9.17) is 4.74 Å². The van der Waals surface area contributed by atoms with Crippen molar-refractivity contribution in [3.63, 3.8) is 0 Å². The fourth-order valence-corrected chi connectivity index (χ4v) is 2.85. The second-order valence-corrected chi connectivity index (χ2v) is 5.55. The van der Waals surface area contributed by atoms with Crippen LogP contribution < -0.4 is 5.32 Å². The first-order valence-corrected chi connectivity index (χ1v) is 7.43. The Morgan fingerprint density at radius 2 is 2.05 bits per heavy atom. The van der Waals surface area contributed by atoms with Crippen LogP contribution in [0.25, 0.3) is 0 Å². The van der Waals surface area contributed by atoms with Gasteiger partial charge in [0.1, 0.15) is 0 Å². The average molecular weight is 315 g/mol. The second kappa shape index (κ2) is 7.77. The number of hydrogen-bond donors (Lipinski definition) is 1. The molecule has 2 fully saturated rings. The van der Waals surface area contributed by atoms with Crippen molar-refractivity contribution in [1.29, 1.82) is 0 Å². The number of ether oxygens (including phenoxy) is 1. The van der Waals surface area contributed by atoms with Crippen LogP contribution in [0.1, 0.15) is 23.2 Å². The number of amides is 1. The summed E-state index contributed by atoms with van der Waals surface area (Å²) in [6, 6.07) is 0. The van der Waals surface area contributed by atoms with E-state index >= 15 is 0 Å². The number of hydrogen-bond acceptors (Lipinski definition) is 4. The molecule has 7 heteroatoms. The number of nitrogens with one attached hydrogen (secondary N) is 1. The lowest BCUT2D eigenvalue weighted by Crippen LogP contribution is -2.40. The monoisotopic (exact) mass is 314 g/mol. The fourth-order valence-electron chi connectivity index (χ4n) is 2.85. The highest BCUT2D eigenvalue weighted by atomic mass is 35.5. The third-order valence-electron chi connectivity index (χ3n) is 4.08. The summed E-state index contributed by atoms with van der Waals surface area (Å²) in [5.41, 5.74) is 0.695. The summed E-state index contributed by atoms with van der Waals surface area (Å²) < 4.78 is 7.19. The standard InChI is InChI=1S/C14H22N4O2.ClH/c19-14(17-5-7-20-8-6-17)13-9-16-18(11-13)10-12-1-3-15-4-2-12;/h9,11-12,15H,1-8,10H2;1H. The van der Waals surface area contributed by atoms with Crippen molar-refractivity contribution in [2.45, 2.75) is 19.4 Å². The smallest absolute Gasteiger partial charge is 0.257 e. The molecule has 3 rings (SSSR count). The fraction of sp³-hybridized carbons (Fsp3) is 0.714. The molecule has 3 heterocycles. The van der Waals surface area contributed by atoms with Gasteiger partial charge in [0, 0.05) is 25.8 Å². The van der Waals surface area contributed by atoms with E-state index in [0.29, 0.717) is 37.8 Å². The summed E-state index contributed by atoms with van der Waals surface area (Å²) in [6.45, 7) is 5.72. The highest BCUT2D eigenvalue weighted by molar-refractivity contribution is 5.93. The molecule has 1 aromatic heterocycles. The minimum Gasteiger partial charge on any atom is -0.378 e. The molecular formula is C14H23ClN4O2. The Labute approximate surface area is 131 Å². The van der Waals surface area contributed by atoms with Crippen molar-refractivity contribution < 1.29 is 9.53 Å². The normalized spacial score (nSPS) is 20.1. The Hall–Kier alpha value is -1.11. The summed E-state index contributed by atoms with van der Waals surface area (Å²) >= 11 is 0. The lowest BCUT2D eigenvalue weighted by Gasteiger charge is -2.26. The molecule has 0 aromatic carbocycles. The third-order valence-corrected chi connectivity index (χ3v) is 4.08. The quantitative estimate of drug-likeness (QED) is 0.895. The molecule has 0 atom stereocenters. The topological polar surface area (TPSA) is 59.4 Å². The predicted octanol–water partition coefficient (Wildman–Crippen LogP) is 0.777. The zero-order valence-electron chi connectivity index (χ0n) is 12.2. The van der Waals surface area contributed by atoms with Gasteiger partial charge in [-0.3, -0.25) is 9.48 Å². The van der Waals surface area contributed by atoms with Crippen molar-refractivity contribution in [2.24, 2.45) is 5.92 Å². The number of halogens is 1. The Balaban J connectivity index is 0.00000161. The van der Waals surface area contributed by atoms with Crippen molar-refractivity contribution >= 4 is 18.3 Å². The molecule has 0 bridgehead atoms. The van der Waals surface area contributed by atoms with Gasteiger partial charge in [-0.25, -0.2) is 0 Å². The van der Waals surface area contributed by atoms with Crippen LogP contribution in [0, 0.1) is 5.92 Å². The summed E-state index contributed by atoms with van der Waals surface area (Å²) in [6.07, 6.45) is 5.96. The predicted molar refractivity (Wildman–Crippen MR) is 81.8 cm³/mol. The molecule has 0 unspecified atom stereocenters. The number of aromatic nitrogens is 2. The Bertz CT molecular complexity index is 454. The first-order valence-electron chi connectivity index (χ1n) is 7.43. The highest BCUT2D eigenvalue weighted by Crippen LogP contribution is 2.14. The average Bonchev–Trinajstić information content (AvgIpc) is 2.97. The van der Waals surface area contributed by atoms with Gasteiger partial charge >= 0.3 is 0 Å². The van der Waals surface area contributed by atoms with Gasteiger partial charge < -0.3 is 15.0 Å². The maximum atomic E-state index is 12.3. The molecule has 2 aliphatic heterocycles. The van der Waals surface area contributed by atoms with E-state index in [-0.39, 0.29) is 18.3 Å². The maximum absolute atomic E-state index is 12.3. The van der Waals surface area contributed by atoms with Crippen molar-refractivity contribution in [1.82, 2.24) is 20.0 Å². The first-order chi connectivity index (χ1) is 9.83. The van der Waals surface area contributed by atoms with E-state index in [2.05, 4.69) is 10.4 Å². The van der Waals surface area contributed by atoms with E-state index in [1.54, 1.807) is 6.20 Å². The highest BCUT2D eigenvalue weighted by Gasteiger charge is 2.20. The van der Waals surface area contributed by atoms with Crippen LogP contribution in [-0.2, 0) is 11.3 Å². The molecular weight excluding hydrogens is 292 g/mol. The number of carbonyl (C=O) groups excluding carboxylic acids is 1. The molecule has 2 saturated heterocycles. The zero-order chi connectivity index (χ0) is 13.8. The Kier molecular flexibility index (Phi) is 6.02. The van der Waals surface area contributed by atoms with Gasteiger partial charge in [-0.1, -0.05) is 0 Å². The van der Waals surface area contributed by atoms with Crippen LogP contribution >= 0.6 is 12.4 Å². The largest absolute Gasteiger partial charge is 0.378 e. The number of morpholine rings is 1. The zero-order valence-corrected chi connectivity index (χ0v) is 13.0. The summed E-state index contributed by atoms with van der Waals surface area (Å²) in [7, 11) is 0. The third kappa shape index (κ3) is 4.18. The SMILES string of the molecule is Cl.O=C(c1cnn(CC2CCNCC2)c1)N1CCOCC1. The van der Waals surface area contributed by atoms with Gasteiger partial charge in [0.2, 0.25) is 0 Å². The molecule has 2 aliphatic rings. The molecule has 1 amide bonds. The molecule has 0 saturated carbocycles. The van der Waals surface area contributed by atoms with E-state index in [9.17, 15) is 4.79 Å². The molecule has 1 aromatic rings. The van der Waals surface area contributed by atoms with Gasteiger partial charge in [0.25, 0.3) is 5.91 Å². The van der Waals surface area contributed by atoms with Gasteiger partial charge in [-0.05, 0) is 31.8 Å². The number of piperidine rings is 1. The minimum absolute atomic E-state index is 0. The van der Waals surface area contributed by atoms with Crippen LogP contribution in [0.4, 0.5) is 0 Å². The Morgan fingerprint density at radius 1 is 1.33 bits per heavy atom. The molecule has 0 spiro atoms. The molecule has 118 valence electrons. The van der Waals surface area contributed by atoms with E-state index < -0.39 is 0 Å². The van der Waals surface area contributed by atoms with Gasteiger partial charge in [0.15, 0.2) is 0 Å². The van der Waals surface area contributed by atoms with Crippen molar-refractivity contribution in [3.8, 4) is 0 Å². The van der Waals surface area contributed by atoms with Crippen LogP contribution in [-0.4, -0.2) is 60.0 Å². The second-order valence-electron chi connectivity index (χ2n) is 5.55. The van der Waals surface area contributed by atoms with Crippen molar-refractivity contribution in [3.05, 3.63) is 18.0 Å². The molecule has 6 nitrogen and oxygen atoms in total. The van der Waals surface area contributed by atoms with Gasteiger partial charge in [-0.2, -0.15) is 5.10 Å². The van der Waals surface area contributed by atoms with Crippen LogP contribution in [0.3, 0.4) is 0 Å². The minimum atomic E-state index is 0. The Morgan fingerprint density at radius 3 is 2.76 bits per heavy atom. The van der Waals surface area contributed by atoms with Gasteiger partial charge in [-0.15, -0.1) is 12.4 Å². The lowest BCUT2D eigenvalue weighted by molar-refractivity contribution is 0.0303. The van der Waals surface area contributed by atoms with Crippen molar-refractivity contribution in [2.75, 3.05) is 39.4 Å². The van der Waals surface area contributed by atoms with E-state index in [1.165, 1.54) is 12.8 Å². The van der Waals surface area contributed by atoms with E-state index in [0.717, 1.165) is 19.6 Å². The van der Waals surface area contributed by atoms with Crippen LogP contribution in [0.2, 0.25) is 0 Å². The molecule has 1 N–H and O–H groups in total. The molecule has 0 radical (unpaired) electrons.